The third-order valence-electron chi connectivity index (χ3n) is 6.25. The summed E-state index contributed by atoms with van der Waals surface area (Å²) in [5.41, 5.74) is 2.94. The first kappa shape index (κ1) is 24.0. The first-order chi connectivity index (χ1) is 16.5. The van der Waals surface area contributed by atoms with Crippen molar-refractivity contribution in [2.75, 3.05) is 29.9 Å². The first-order valence-corrected chi connectivity index (χ1v) is 12.8. The van der Waals surface area contributed by atoms with E-state index < -0.39 is 11.9 Å². The Morgan fingerprint density at radius 1 is 1.12 bits per heavy atom. The lowest BCUT2D eigenvalue weighted by molar-refractivity contribution is 0.0527. The number of esters is 1. The Bertz CT molecular complexity index is 1270. The van der Waals surface area contributed by atoms with E-state index in [1.807, 2.05) is 18.2 Å². The number of fused-ring (bicyclic) bond motifs is 2. The maximum atomic E-state index is 13.2. The van der Waals surface area contributed by atoms with E-state index in [4.69, 9.17) is 14.6 Å². The first-order valence-electron chi connectivity index (χ1n) is 12.0. The molecule has 0 unspecified atom stereocenters. The van der Waals surface area contributed by atoms with E-state index in [1.165, 1.54) is 11.3 Å². The number of thiophene rings is 1. The summed E-state index contributed by atoms with van der Waals surface area (Å²) in [6.07, 6.45) is 4.91. The van der Waals surface area contributed by atoms with Crippen LogP contribution in [0.5, 0.6) is 0 Å². The Morgan fingerprint density at radius 3 is 2.62 bits per heavy atom. The second kappa shape index (κ2) is 10.4. The van der Waals surface area contributed by atoms with Crippen LogP contribution in [0.3, 0.4) is 0 Å². The van der Waals surface area contributed by atoms with Crippen LogP contribution >= 0.6 is 11.3 Å². The lowest BCUT2D eigenvalue weighted by Crippen LogP contribution is -2.22. The molecule has 2 aromatic heterocycles. The van der Waals surface area contributed by atoms with Crippen LogP contribution < -0.4 is 15.8 Å². The number of rotatable bonds is 7. The Balaban J connectivity index is 1.68. The highest BCUT2D eigenvalue weighted by molar-refractivity contribution is 7.17. The number of anilines is 2. The predicted octanol–water partition coefficient (Wildman–Crippen LogP) is 5.52. The number of nitrogens with zero attached hydrogens (tertiary/aromatic N) is 1. The highest BCUT2D eigenvalue weighted by Crippen LogP contribution is 2.38. The lowest BCUT2D eigenvalue weighted by atomic mass is 10.1. The minimum absolute atomic E-state index is 0.126. The van der Waals surface area contributed by atoms with Gasteiger partial charge >= 0.3 is 5.97 Å². The topological polar surface area (TPSA) is 95.6 Å². The van der Waals surface area contributed by atoms with E-state index in [2.05, 4.69) is 24.1 Å². The van der Waals surface area contributed by atoms with Gasteiger partial charge in [0.2, 0.25) is 5.55 Å². The zero-order valence-electron chi connectivity index (χ0n) is 20.0. The monoisotopic (exact) mass is 481 g/mol. The molecule has 0 bridgehead atoms. The van der Waals surface area contributed by atoms with Gasteiger partial charge in [0, 0.05) is 35.1 Å². The number of benzene rings is 1. The summed E-state index contributed by atoms with van der Waals surface area (Å²) < 4.78 is 11.0. The Labute approximate surface area is 203 Å². The molecule has 8 heteroatoms. The van der Waals surface area contributed by atoms with Gasteiger partial charge in [0.25, 0.3) is 5.91 Å². The van der Waals surface area contributed by atoms with Crippen molar-refractivity contribution in [1.29, 1.82) is 5.41 Å². The molecule has 0 aliphatic heterocycles. The van der Waals surface area contributed by atoms with Crippen LogP contribution in [0, 0.1) is 5.41 Å². The third-order valence-corrected chi connectivity index (χ3v) is 7.46. The van der Waals surface area contributed by atoms with E-state index >= 15 is 0 Å². The average molecular weight is 482 g/mol. The van der Waals surface area contributed by atoms with Gasteiger partial charge in [-0.25, -0.2) is 4.79 Å². The van der Waals surface area contributed by atoms with Crippen molar-refractivity contribution in [1.82, 2.24) is 0 Å². The van der Waals surface area contributed by atoms with Gasteiger partial charge in [-0.2, -0.15) is 0 Å². The van der Waals surface area contributed by atoms with Gasteiger partial charge in [0.15, 0.2) is 0 Å². The van der Waals surface area contributed by atoms with Crippen molar-refractivity contribution in [3.05, 3.63) is 51.4 Å². The third kappa shape index (κ3) is 4.73. The summed E-state index contributed by atoms with van der Waals surface area (Å²) in [6.45, 7) is 7.95. The molecular formula is C26H31N3O4S. The van der Waals surface area contributed by atoms with Crippen LogP contribution in [0.2, 0.25) is 0 Å². The molecule has 0 saturated carbocycles. The molecule has 0 radical (unpaired) electrons. The summed E-state index contributed by atoms with van der Waals surface area (Å²) >= 11 is 1.44. The fourth-order valence-corrected chi connectivity index (χ4v) is 5.76. The molecule has 2 N–H and O–H groups in total. The standard InChI is InChI=1S/C26H31N3O4S/c1-4-29(5-2)17-13-12-16-14-19(23(27)33-20(16)15-17)24(30)28-25-22(26(31)32-6-3)18-10-8-7-9-11-21(18)34-25/h12-15,27H,4-11H2,1-3H3,(H,28,30). The maximum Gasteiger partial charge on any atom is 0.341 e. The molecule has 34 heavy (non-hydrogen) atoms. The van der Waals surface area contributed by atoms with E-state index in [1.54, 1.807) is 13.0 Å². The molecular weight excluding hydrogens is 450 g/mol. The van der Waals surface area contributed by atoms with Gasteiger partial charge in [-0.15, -0.1) is 11.3 Å². The predicted molar refractivity (Wildman–Crippen MR) is 135 cm³/mol. The molecule has 1 amide bonds. The van der Waals surface area contributed by atoms with Crippen molar-refractivity contribution >= 4 is 44.9 Å². The van der Waals surface area contributed by atoms with Crippen LogP contribution in [-0.4, -0.2) is 31.6 Å². The molecule has 1 aliphatic rings. The molecule has 0 spiro atoms. The van der Waals surface area contributed by atoms with E-state index in [0.29, 0.717) is 16.1 Å². The molecule has 4 rings (SSSR count). The van der Waals surface area contributed by atoms with Gasteiger partial charge in [0.1, 0.15) is 16.1 Å². The van der Waals surface area contributed by atoms with E-state index in [9.17, 15) is 9.59 Å². The minimum Gasteiger partial charge on any atom is -0.462 e. The molecule has 2 heterocycles. The molecule has 0 atom stereocenters. The Hall–Kier alpha value is -3.13. The van der Waals surface area contributed by atoms with Crippen molar-refractivity contribution in [3.63, 3.8) is 0 Å². The number of amides is 1. The summed E-state index contributed by atoms with van der Waals surface area (Å²) in [5.74, 6) is -0.874. The minimum atomic E-state index is -0.467. The fraction of sp³-hybridized carbons (Fsp3) is 0.423. The van der Waals surface area contributed by atoms with Crippen LogP contribution in [0.15, 0.2) is 28.7 Å². The molecule has 7 nitrogen and oxygen atoms in total. The zero-order chi connectivity index (χ0) is 24.2. The second-order valence-corrected chi connectivity index (χ2v) is 9.43. The van der Waals surface area contributed by atoms with Crippen molar-refractivity contribution in [2.45, 2.75) is 52.9 Å². The maximum absolute atomic E-state index is 13.2. The molecule has 180 valence electrons. The number of hydrogen-bond acceptors (Lipinski definition) is 7. The summed E-state index contributed by atoms with van der Waals surface area (Å²) in [6, 6.07) is 7.47. The largest absolute Gasteiger partial charge is 0.462 e. The normalized spacial score (nSPS) is 13.3. The summed E-state index contributed by atoms with van der Waals surface area (Å²) in [5, 5.41) is 12.5. The highest BCUT2D eigenvalue weighted by Gasteiger charge is 2.27. The molecule has 0 fully saturated rings. The van der Waals surface area contributed by atoms with Crippen LogP contribution in [0.25, 0.3) is 11.0 Å². The molecule has 1 aromatic carbocycles. The lowest BCUT2D eigenvalue weighted by Gasteiger charge is -2.21. The number of carbonyl (C=O) groups is 2. The Morgan fingerprint density at radius 2 is 1.88 bits per heavy atom. The molecule has 3 aromatic rings. The summed E-state index contributed by atoms with van der Waals surface area (Å²) in [4.78, 5) is 29.3. The average Bonchev–Trinajstić information content (AvgIpc) is 2.99. The van der Waals surface area contributed by atoms with Crippen molar-refractivity contribution < 1.29 is 18.7 Å². The van der Waals surface area contributed by atoms with Crippen LogP contribution in [-0.2, 0) is 17.6 Å². The SMILES string of the molecule is CCOC(=O)c1c(NC(=O)c2cc3ccc(N(CC)CC)cc3oc2=N)sc2c1CCCCC2. The second-order valence-electron chi connectivity index (χ2n) is 8.33. The number of carbonyl (C=O) groups excluding carboxylic acids is 2. The van der Waals surface area contributed by atoms with Gasteiger partial charge in [-0.1, -0.05) is 6.42 Å². The molecule has 1 aliphatic carbocycles. The van der Waals surface area contributed by atoms with Crippen molar-refractivity contribution in [2.24, 2.45) is 0 Å². The summed E-state index contributed by atoms with van der Waals surface area (Å²) in [7, 11) is 0. The number of ether oxygens (including phenoxy) is 1. The number of hydrogen-bond donors (Lipinski definition) is 2. The van der Waals surface area contributed by atoms with Crippen LogP contribution in [0.1, 0.15) is 71.2 Å². The quantitative estimate of drug-likeness (QED) is 0.342. The van der Waals surface area contributed by atoms with Gasteiger partial charge in [-0.05, 0) is 70.2 Å². The number of aryl methyl sites for hydroxylation is 1. The van der Waals surface area contributed by atoms with Gasteiger partial charge in [0.05, 0.1) is 12.2 Å². The smallest absolute Gasteiger partial charge is 0.341 e. The van der Waals surface area contributed by atoms with Gasteiger partial charge < -0.3 is 19.4 Å². The number of nitrogens with one attached hydrogen (secondary N) is 2. The molecule has 0 saturated heterocycles. The Kier molecular flexibility index (Phi) is 7.36. The van der Waals surface area contributed by atoms with Crippen LogP contribution in [0.4, 0.5) is 10.7 Å². The van der Waals surface area contributed by atoms with E-state index in [0.717, 1.165) is 66.7 Å². The zero-order valence-corrected chi connectivity index (χ0v) is 20.8. The highest BCUT2D eigenvalue weighted by atomic mass is 32.1. The fourth-order valence-electron chi connectivity index (χ4n) is 4.49. The van der Waals surface area contributed by atoms with E-state index in [-0.39, 0.29) is 17.7 Å². The van der Waals surface area contributed by atoms with Gasteiger partial charge in [-0.3, -0.25) is 10.2 Å². The van der Waals surface area contributed by atoms with Crippen molar-refractivity contribution in [3.8, 4) is 0 Å².